The van der Waals surface area contributed by atoms with Crippen LogP contribution in [-0.4, -0.2) is 13.2 Å². The van der Waals surface area contributed by atoms with E-state index in [0.29, 0.717) is 11.4 Å². The summed E-state index contributed by atoms with van der Waals surface area (Å²) in [6.45, 7) is 3.67. The molecule has 0 saturated carbocycles. The topological polar surface area (TPSA) is 61.3 Å². The van der Waals surface area contributed by atoms with Crippen molar-refractivity contribution in [3.63, 3.8) is 0 Å². The van der Waals surface area contributed by atoms with E-state index in [-0.39, 0.29) is 0 Å². The summed E-state index contributed by atoms with van der Waals surface area (Å²) in [5, 5.41) is 0. The van der Waals surface area contributed by atoms with Gasteiger partial charge in [-0.1, -0.05) is 13.0 Å². The molecule has 0 aliphatic heterocycles. The summed E-state index contributed by atoms with van der Waals surface area (Å²) in [5.41, 5.74) is 13.8. The quantitative estimate of drug-likeness (QED) is 0.555. The third-order valence-electron chi connectivity index (χ3n) is 2.03. The second kappa shape index (κ2) is 5.50. The molecular formula is C11H18N2O. The van der Waals surface area contributed by atoms with Crippen LogP contribution < -0.4 is 11.5 Å². The van der Waals surface area contributed by atoms with Crippen molar-refractivity contribution in [1.29, 1.82) is 0 Å². The van der Waals surface area contributed by atoms with Crippen LogP contribution in [-0.2, 0) is 11.2 Å². The van der Waals surface area contributed by atoms with Gasteiger partial charge in [0.15, 0.2) is 0 Å². The van der Waals surface area contributed by atoms with Gasteiger partial charge in [-0.2, -0.15) is 0 Å². The number of nitrogen functional groups attached to an aromatic ring is 2. The predicted octanol–water partition coefficient (Wildman–Crippen LogP) is 1.82. The Kier molecular flexibility index (Phi) is 4.26. The van der Waals surface area contributed by atoms with Gasteiger partial charge in [-0.05, 0) is 30.5 Å². The molecule has 0 aromatic heterocycles. The summed E-state index contributed by atoms with van der Waals surface area (Å²) in [6.07, 6.45) is 1.95. The lowest BCUT2D eigenvalue weighted by Crippen LogP contribution is -2.01. The smallest absolute Gasteiger partial charge is 0.0550 e. The molecule has 1 rings (SSSR count). The van der Waals surface area contributed by atoms with Crippen molar-refractivity contribution in [2.24, 2.45) is 0 Å². The summed E-state index contributed by atoms with van der Waals surface area (Å²) < 4.78 is 5.38. The fourth-order valence-corrected chi connectivity index (χ4v) is 1.22. The second-order valence-corrected chi connectivity index (χ2v) is 3.33. The standard InChI is InChI=1S/C11H18N2O/c1-2-6-14-7-5-9-3-4-10(12)11(13)8-9/h3-4,8H,2,5-7,12-13H2,1H3. The molecule has 1 aromatic rings. The summed E-state index contributed by atoms with van der Waals surface area (Å²) in [5.74, 6) is 0. The molecule has 0 fully saturated rings. The minimum Gasteiger partial charge on any atom is -0.397 e. The lowest BCUT2D eigenvalue weighted by molar-refractivity contribution is 0.138. The maximum absolute atomic E-state index is 5.69. The van der Waals surface area contributed by atoms with Crippen molar-refractivity contribution < 1.29 is 4.74 Å². The molecule has 0 radical (unpaired) electrons. The Morgan fingerprint density at radius 2 is 1.93 bits per heavy atom. The highest BCUT2D eigenvalue weighted by Gasteiger charge is 1.97. The lowest BCUT2D eigenvalue weighted by atomic mass is 10.1. The first-order valence-electron chi connectivity index (χ1n) is 4.95. The molecule has 78 valence electrons. The second-order valence-electron chi connectivity index (χ2n) is 3.33. The summed E-state index contributed by atoms with van der Waals surface area (Å²) in [7, 11) is 0. The van der Waals surface area contributed by atoms with E-state index in [1.807, 2.05) is 18.2 Å². The van der Waals surface area contributed by atoms with Crippen molar-refractivity contribution in [2.75, 3.05) is 24.7 Å². The zero-order chi connectivity index (χ0) is 10.4. The van der Waals surface area contributed by atoms with Crippen molar-refractivity contribution in [3.8, 4) is 0 Å². The van der Waals surface area contributed by atoms with Crippen LogP contribution in [0.1, 0.15) is 18.9 Å². The Hall–Kier alpha value is -1.22. The van der Waals surface area contributed by atoms with Crippen LogP contribution in [0.4, 0.5) is 11.4 Å². The molecule has 0 heterocycles. The Morgan fingerprint density at radius 3 is 2.57 bits per heavy atom. The highest BCUT2D eigenvalue weighted by atomic mass is 16.5. The van der Waals surface area contributed by atoms with Gasteiger partial charge >= 0.3 is 0 Å². The minimum absolute atomic E-state index is 0.642. The molecule has 0 saturated heterocycles. The number of ether oxygens (including phenoxy) is 1. The summed E-state index contributed by atoms with van der Waals surface area (Å²) in [6, 6.07) is 5.73. The number of anilines is 2. The molecule has 3 heteroatoms. The van der Waals surface area contributed by atoms with Crippen LogP contribution in [0.25, 0.3) is 0 Å². The van der Waals surface area contributed by atoms with E-state index in [4.69, 9.17) is 16.2 Å². The van der Waals surface area contributed by atoms with Crippen LogP contribution in [0.5, 0.6) is 0 Å². The lowest BCUT2D eigenvalue weighted by Gasteiger charge is -2.05. The van der Waals surface area contributed by atoms with Crippen LogP contribution in [0.2, 0.25) is 0 Å². The van der Waals surface area contributed by atoms with Gasteiger partial charge in [-0.3, -0.25) is 0 Å². The number of benzene rings is 1. The number of hydrogen-bond acceptors (Lipinski definition) is 3. The minimum atomic E-state index is 0.642. The highest BCUT2D eigenvalue weighted by molar-refractivity contribution is 5.63. The van der Waals surface area contributed by atoms with E-state index in [2.05, 4.69) is 6.92 Å². The van der Waals surface area contributed by atoms with Gasteiger partial charge in [0, 0.05) is 6.61 Å². The third kappa shape index (κ3) is 3.26. The van der Waals surface area contributed by atoms with E-state index < -0.39 is 0 Å². The first-order chi connectivity index (χ1) is 6.74. The fraction of sp³-hybridized carbons (Fsp3) is 0.455. The largest absolute Gasteiger partial charge is 0.397 e. The zero-order valence-electron chi connectivity index (χ0n) is 8.62. The molecule has 0 aliphatic rings. The van der Waals surface area contributed by atoms with Gasteiger partial charge in [0.25, 0.3) is 0 Å². The predicted molar refractivity (Wildman–Crippen MR) is 60.1 cm³/mol. The van der Waals surface area contributed by atoms with E-state index in [0.717, 1.165) is 26.1 Å². The average molecular weight is 194 g/mol. The SMILES string of the molecule is CCCOCCc1ccc(N)c(N)c1. The van der Waals surface area contributed by atoms with Crippen LogP contribution in [0.3, 0.4) is 0 Å². The molecule has 1 aromatic carbocycles. The van der Waals surface area contributed by atoms with E-state index >= 15 is 0 Å². The maximum Gasteiger partial charge on any atom is 0.0550 e. The molecule has 0 spiro atoms. The number of rotatable bonds is 5. The fourth-order valence-electron chi connectivity index (χ4n) is 1.22. The van der Waals surface area contributed by atoms with E-state index in [1.165, 1.54) is 5.56 Å². The maximum atomic E-state index is 5.69. The highest BCUT2D eigenvalue weighted by Crippen LogP contribution is 2.16. The first kappa shape index (κ1) is 10.9. The van der Waals surface area contributed by atoms with Gasteiger partial charge in [0.1, 0.15) is 0 Å². The van der Waals surface area contributed by atoms with Gasteiger partial charge < -0.3 is 16.2 Å². The Bertz CT molecular complexity index is 287. The van der Waals surface area contributed by atoms with Crippen LogP contribution >= 0.6 is 0 Å². The Labute approximate surface area is 85.0 Å². The first-order valence-corrected chi connectivity index (χ1v) is 4.95. The normalized spacial score (nSPS) is 10.4. The summed E-state index contributed by atoms with van der Waals surface area (Å²) >= 11 is 0. The van der Waals surface area contributed by atoms with Crippen molar-refractivity contribution >= 4 is 11.4 Å². The number of nitrogens with two attached hydrogens (primary N) is 2. The molecule has 0 amide bonds. The van der Waals surface area contributed by atoms with Gasteiger partial charge in [-0.25, -0.2) is 0 Å². The molecule has 4 N–H and O–H groups in total. The Morgan fingerprint density at radius 1 is 1.14 bits per heavy atom. The van der Waals surface area contributed by atoms with E-state index in [1.54, 1.807) is 0 Å². The van der Waals surface area contributed by atoms with Crippen molar-refractivity contribution in [3.05, 3.63) is 23.8 Å². The van der Waals surface area contributed by atoms with Crippen molar-refractivity contribution in [1.82, 2.24) is 0 Å². The Balaban J connectivity index is 2.39. The molecule has 0 atom stereocenters. The summed E-state index contributed by atoms with van der Waals surface area (Å²) in [4.78, 5) is 0. The molecule has 3 nitrogen and oxygen atoms in total. The molecule has 0 aliphatic carbocycles. The third-order valence-corrected chi connectivity index (χ3v) is 2.03. The molecule has 0 unspecified atom stereocenters. The van der Waals surface area contributed by atoms with Crippen LogP contribution in [0, 0.1) is 0 Å². The van der Waals surface area contributed by atoms with Gasteiger partial charge in [0.2, 0.25) is 0 Å². The monoisotopic (exact) mass is 194 g/mol. The average Bonchev–Trinajstić information content (AvgIpc) is 2.18. The molecular weight excluding hydrogens is 176 g/mol. The molecule has 14 heavy (non-hydrogen) atoms. The van der Waals surface area contributed by atoms with Crippen LogP contribution in [0.15, 0.2) is 18.2 Å². The van der Waals surface area contributed by atoms with Gasteiger partial charge in [-0.15, -0.1) is 0 Å². The number of hydrogen-bond donors (Lipinski definition) is 2. The van der Waals surface area contributed by atoms with E-state index in [9.17, 15) is 0 Å². The van der Waals surface area contributed by atoms with Gasteiger partial charge in [0.05, 0.1) is 18.0 Å². The molecule has 0 bridgehead atoms. The van der Waals surface area contributed by atoms with Crippen molar-refractivity contribution in [2.45, 2.75) is 19.8 Å². The zero-order valence-corrected chi connectivity index (χ0v) is 8.62.